The summed E-state index contributed by atoms with van der Waals surface area (Å²) in [5.41, 5.74) is 14.7. The predicted molar refractivity (Wildman–Crippen MR) is 120 cm³/mol. The van der Waals surface area contributed by atoms with Crippen LogP contribution in [-0.2, 0) is 16.3 Å². The van der Waals surface area contributed by atoms with E-state index in [1.165, 1.54) is 17.7 Å². The van der Waals surface area contributed by atoms with Crippen LogP contribution in [0.1, 0.15) is 54.6 Å². The van der Waals surface area contributed by atoms with E-state index in [1.807, 2.05) is 12.1 Å². The van der Waals surface area contributed by atoms with Gasteiger partial charge in [-0.3, -0.25) is 4.79 Å². The quantitative estimate of drug-likeness (QED) is 0.528. The van der Waals surface area contributed by atoms with E-state index in [0.717, 1.165) is 30.2 Å². The van der Waals surface area contributed by atoms with Crippen LogP contribution in [-0.4, -0.2) is 26.5 Å². The van der Waals surface area contributed by atoms with Crippen LogP contribution in [0.4, 0.5) is 0 Å². The van der Waals surface area contributed by atoms with Crippen LogP contribution < -0.4 is 11.5 Å². The minimum absolute atomic E-state index is 0. The van der Waals surface area contributed by atoms with Gasteiger partial charge in [-0.1, -0.05) is 45.0 Å². The molecule has 0 radical (unpaired) electrons. The Morgan fingerprint density at radius 2 is 1.69 bits per heavy atom. The molecule has 2 aromatic rings. The number of amides is 1. The second-order valence-corrected chi connectivity index (χ2v) is 8.92. The molecule has 0 aromatic heterocycles. The van der Waals surface area contributed by atoms with Gasteiger partial charge in [0.25, 0.3) is 5.91 Å². The van der Waals surface area contributed by atoms with Gasteiger partial charge in [0.15, 0.2) is 15.8 Å². The minimum Gasteiger partial charge on any atom is -0.370 e. The number of aryl methyl sites for hydroxylation is 1. The molecule has 0 heterocycles. The van der Waals surface area contributed by atoms with Gasteiger partial charge in [-0.2, -0.15) is 4.99 Å². The summed E-state index contributed by atoms with van der Waals surface area (Å²) < 4.78 is 24.0. The molecule has 0 aliphatic carbocycles. The SMILES string of the molecule is CCc1ccc(-c2ccc(S(C)(=O)=O)cc2C(=O)N=C(N)N)c(C(C)CC)c1.Cl. The Balaban J connectivity index is 0.00000420. The van der Waals surface area contributed by atoms with E-state index >= 15 is 0 Å². The summed E-state index contributed by atoms with van der Waals surface area (Å²) in [5, 5.41) is 0. The Morgan fingerprint density at radius 3 is 2.21 bits per heavy atom. The molecule has 1 amide bonds. The van der Waals surface area contributed by atoms with E-state index in [2.05, 4.69) is 31.8 Å². The number of nitrogens with two attached hydrogens (primary N) is 2. The smallest absolute Gasteiger partial charge is 0.280 e. The van der Waals surface area contributed by atoms with Crippen LogP contribution >= 0.6 is 12.4 Å². The molecule has 0 aliphatic rings. The molecule has 1 unspecified atom stereocenters. The van der Waals surface area contributed by atoms with E-state index in [0.29, 0.717) is 5.56 Å². The van der Waals surface area contributed by atoms with Crippen LogP contribution in [0, 0.1) is 0 Å². The number of guanidine groups is 1. The molecule has 0 aliphatic heterocycles. The van der Waals surface area contributed by atoms with Crippen molar-refractivity contribution in [3.8, 4) is 11.1 Å². The fourth-order valence-electron chi connectivity index (χ4n) is 3.05. The molecular formula is C21H28ClN3O3S. The summed E-state index contributed by atoms with van der Waals surface area (Å²) in [6.45, 7) is 6.32. The molecule has 158 valence electrons. The third-order valence-corrected chi connectivity index (χ3v) is 5.95. The first-order valence-corrected chi connectivity index (χ1v) is 11.1. The number of halogens is 1. The monoisotopic (exact) mass is 437 g/mol. The highest BCUT2D eigenvalue weighted by Gasteiger charge is 2.20. The Labute approximate surface area is 178 Å². The average Bonchev–Trinajstić information content (AvgIpc) is 2.65. The van der Waals surface area contributed by atoms with E-state index in [1.54, 1.807) is 6.07 Å². The first-order chi connectivity index (χ1) is 13.1. The molecule has 0 fully saturated rings. The number of carbonyl (C=O) groups is 1. The summed E-state index contributed by atoms with van der Waals surface area (Å²) in [6, 6.07) is 10.6. The van der Waals surface area contributed by atoms with Crippen LogP contribution in [0.15, 0.2) is 46.3 Å². The summed E-state index contributed by atoms with van der Waals surface area (Å²) in [6.07, 6.45) is 2.92. The molecule has 0 saturated heterocycles. The first-order valence-electron chi connectivity index (χ1n) is 9.19. The van der Waals surface area contributed by atoms with Gasteiger partial charge in [0.2, 0.25) is 0 Å². The summed E-state index contributed by atoms with van der Waals surface area (Å²) in [4.78, 5) is 16.3. The summed E-state index contributed by atoms with van der Waals surface area (Å²) >= 11 is 0. The van der Waals surface area contributed by atoms with Gasteiger partial charge in [0.1, 0.15) is 0 Å². The highest BCUT2D eigenvalue weighted by molar-refractivity contribution is 7.90. The zero-order valence-corrected chi connectivity index (χ0v) is 18.7. The predicted octanol–water partition coefficient (Wildman–Crippen LogP) is 3.67. The minimum atomic E-state index is -3.49. The standard InChI is InChI=1S/C21H27N3O3S.ClH/c1-5-13(3)18-11-14(6-2)7-9-16(18)17-10-8-15(28(4,26)27)12-19(17)20(25)24-21(22)23;/h7-13H,5-6H2,1-4H3,(H4,22,23,24,25);1H. The van der Waals surface area contributed by atoms with Gasteiger partial charge >= 0.3 is 0 Å². The molecule has 8 heteroatoms. The maximum Gasteiger partial charge on any atom is 0.280 e. The Kier molecular flexibility index (Phi) is 8.41. The third-order valence-electron chi connectivity index (χ3n) is 4.84. The number of aliphatic imine (C=N–C) groups is 1. The van der Waals surface area contributed by atoms with Crippen LogP contribution in [0.2, 0.25) is 0 Å². The van der Waals surface area contributed by atoms with E-state index < -0.39 is 15.7 Å². The fourth-order valence-corrected chi connectivity index (χ4v) is 3.70. The average molecular weight is 438 g/mol. The molecule has 0 spiro atoms. The highest BCUT2D eigenvalue weighted by Crippen LogP contribution is 2.35. The van der Waals surface area contributed by atoms with Crippen molar-refractivity contribution in [1.29, 1.82) is 0 Å². The van der Waals surface area contributed by atoms with Crippen molar-refractivity contribution in [3.05, 3.63) is 53.1 Å². The lowest BCUT2D eigenvalue weighted by atomic mass is 9.86. The molecule has 6 nitrogen and oxygen atoms in total. The van der Waals surface area contributed by atoms with Crippen molar-refractivity contribution in [2.45, 2.75) is 44.4 Å². The fraction of sp³-hybridized carbons (Fsp3) is 0.333. The van der Waals surface area contributed by atoms with Crippen molar-refractivity contribution >= 4 is 34.1 Å². The van der Waals surface area contributed by atoms with Gasteiger partial charge in [-0.15, -0.1) is 12.4 Å². The number of hydrogen-bond acceptors (Lipinski definition) is 3. The normalized spacial score (nSPS) is 12.0. The first kappa shape index (κ1) is 24.7. The van der Waals surface area contributed by atoms with Crippen LogP contribution in [0.5, 0.6) is 0 Å². The van der Waals surface area contributed by atoms with Crippen molar-refractivity contribution in [1.82, 2.24) is 0 Å². The Hall–Kier alpha value is -2.38. The molecule has 29 heavy (non-hydrogen) atoms. The van der Waals surface area contributed by atoms with Gasteiger partial charge in [0, 0.05) is 6.26 Å². The lowest BCUT2D eigenvalue weighted by Gasteiger charge is -2.19. The summed E-state index contributed by atoms with van der Waals surface area (Å²) in [5.74, 6) is -0.776. The highest BCUT2D eigenvalue weighted by atomic mass is 35.5. The maximum atomic E-state index is 12.7. The molecular weight excluding hydrogens is 410 g/mol. The van der Waals surface area contributed by atoms with Crippen LogP contribution in [0.3, 0.4) is 0 Å². The lowest BCUT2D eigenvalue weighted by Crippen LogP contribution is -2.24. The summed E-state index contributed by atoms with van der Waals surface area (Å²) in [7, 11) is -3.49. The number of sulfone groups is 1. The Bertz CT molecular complexity index is 1030. The van der Waals surface area contributed by atoms with Gasteiger partial charge in [0.05, 0.1) is 10.5 Å². The van der Waals surface area contributed by atoms with Crippen molar-refractivity contribution in [2.24, 2.45) is 16.5 Å². The van der Waals surface area contributed by atoms with E-state index in [9.17, 15) is 13.2 Å². The molecule has 2 rings (SSSR count). The molecule has 1 atom stereocenters. The lowest BCUT2D eigenvalue weighted by molar-refractivity contribution is 0.100. The Morgan fingerprint density at radius 1 is 1.07 bits per heavy atom. The van der Waals surface area contributed by atoms with Gasteiger partial charge in [-0.05, 0) is 53.1 Å². The topological polar surface area (TPSA) is 116 Å². The van der Waals surface area contributed by atoms with Crippen molar-refractivity contribution < 1.29 is 13.2 Å². The second-order valence-electron chi connectivity index (χ2n) is 6.91. The van der Waals surface area contributed by atoms with Gasteiger partial charge < -0.3 is 11.5 Å². The zero-order chi connectivity index (χ0) is 21.1. The zero-order valence-electron chi connectivity index (χ0n) is 17.1. The van der Waals surface area contributed by atoms with Crippen molar-refractivity contribution in [2.75, 3.05) is 6.26 Å². The molecule has 0 bridgehead atoms. The largest absolute Gasteiger partial charge is 0.370 e. The maximum absolute atomic E-state index is 12.7. The second kappa shape index (κ2) is 9.89. The molecule has 4 N–H and O–H groups in total. The number of hydrogen-bond donors (Lipinski definition) is 2. The van der Waals surface area contributed by atoms with Gasteiger partial charge in [-0.25, -0.2) is 8.42 Å². The van der Waals surface area contributed by atoms with Crippen molar-refractivity contribution in [3.63, 3.8) is 0 Å². The third kappa shape index (κ3) is 5.81. The molecule has 2 aromatic carbocycles. The molecule has 0 saturated carbocycles. The van der Waals surface area contributed by atoms with E-state index in [4.69, 9.17) is 11.5 Å². The number of carbonyl (C=O) groups excluding carboxylic acids is 1. The number of benzene rings is 2. The number of nitrogens with zero attached hydrogens (tertiary/aromatic N) is 1. The van der Waals surface area contributed by atoms with Crippen LogP contribution in [0.25, 0.3) is 11.1 Å². The number of rotatable bonds is 6. The van der Waals surface area contributed by atoms with E-state index in [-0.39, 0.29) is 34.7 Å².